The van der Waals surface area contributed by atoms with Crippen molar-refractivity contribution in [3.63, 3.8) is 0 Å². The van der Waals surface area contributed by atoms with Crippen LogP contribution in [0.15, 0.2) is 12.1 Å². The van der Waals surface area contributed by atoms with Gasteiger partial charge in [-0.05, 0) is 7.05 Å². The highest BCUT2D eigenvalue weighted by molar-refractivity contribution is 6.17. The van der Waals surface area contributed by atoms with Crippen LogP contribution in [0.3, 0.4) is 0 Å². The predicted octanol–water partition coefficient (Wildman–Crippen LogP) is 2.34. The van der Waals surface area contributed by atoms with E-state index < -0.39 is 0 Å². The summed E-state index contributed by atoms with van der Waals surface area (Å²) in [5, 5.41) is 0. The first-order valence-electron chi connectivity index (χ1n) is 5.19. The van der Waals surface area contributed by atoms with Crippen LogP contribution in [-0.2, 0) is 6.54 Å². The molecule has 5 heteroatoms. The third kappa shape index (κ3) is 3.41. The molecular formula is C12H18ClNO3. The van der Waals surface area contributed by atoms with Gasteiger partial charge in [0, 0.05) is 18.7 Å². The number of rotatable bonds is 6. The smallest absolute Gasteiger partial charge is 0.130 e. The molecule has 0 amide bonds. The van der Waals surface area contributed by atoms with E-state index in [1.807, 2.05) is 24.1 Å². The maximum atomic E-state index is 5.77. The van der Waals surface area contributed by atoms with E-state index in [9.17, 15) is 0 Å². The van der Waals surface area contributed by atoms with Crippen LogP contribution in [0.25, 0.3) is 0 Å². The SMILES string of the molecule is COc1cc(OC)c(CN(C)CCl)c(OC)c1. The number of hydrogen-bond donors (Lipinski definition) is 0. The van der Waals surface area contributed by atoms with Crippen LogP contribution < -0.4 is 14.2 Å². The molecule has 0 N–H and O–H groups in total. The molecule has 0 saturated heterocycles. The number of benzene rings is 1. The quantitative estimate of drug-likeness (QED) is 0.580. The minimum atomic E-state index is 0.443. The number of nitrogens with zero attached hydrogens (tertiary/aromatic N) is 1. The number of ether oxygens (including phenoxy) is 3. The highest BCUT2D eigenvalue weighted by atomic mass is 35.5. The Hall–Kier alpha value is -1.13. The molecular weight excluding hydrogens is 242 g/mol. The molecule has 4 nitrogen and oxygen atoms in total. The zero-order valence-electron chi connectivity index (χ0n) is 10.6. The first-order chi connectivity index (χ1) is 8.15. The van der Waals surface area contributed by atoms with Gasteiger partial charge in [0.25, 0.3) is 0 Å². The lowest BCUT2D eigenvalue weighted by Crippen LogP contribution is -2.16. The van der Waals surface area contributed by atoms with E-state index in [4.69, 9.17) is 25.8 Å². The molecule has 17 heavy (non-hydrogen) atoms. The molecule has 0 unspecified atom stereocenters. The molecule has 0 radical (unpaired) electrons. The van der Waals surface area contributed by atoms with Gasteiger partial charge in [0.15, 0.2) is 0 Å². The molecule has 0 aromatic heterocycles. The number of halogens is 1. The van der Waals surface area contributed by atoms with Crippen molar-refractivity contribution < 1.29 is 14.2 Å². The Morgan fingerprint density at radius 2 is 1.59 bits per heavy atom. The lowest BCUT2D eigenvalue weighted by molar-refractivity contribution is 0.334. The predicted molar refractivity (Wildman–Crippen MR) is 68.3 cm³/mol. The molecule has 0 aliphatic carbocycles. The molecule has 0 heterocycles. The minimum Gasteiger partial charge on any atom is -0.496 e. The van der Waals surface area contributed by atoms with Crippen molar-refractivity contribution in [1.29, 1.82) is 0 Å². The Balaban J connectivity index is 3.15. The van der Waals surface area contributed by atoms with Gasteiger partial charge in [-0.2, -0.15) is 0 Å². The second-order valence-corrected chi connectivity index (χ2v) is 3.88. The molecule has 0 spiro atoms. The molecule has 1 aromatic carbocycles. The fourth-order valence-corrected chi connectivity index (χ4v) is 1.63. The van der Waals surface area contributed by atoms with Crippen LogP contribution in [0.4, 0.5) is 0 Å². The van der Waals surface area contributed by atoms with Gasteiger partial charge in [0.2, 0.25) is 0 Å². The summed E-state index contributed by atoms with van der Waals surface area (Å²) in [5.74, 6) is 2.17. The highest BCUT2D eigenvalue weighted by Crippen LogP contribution is 2.34. The number of methoxy groups -OCH3 is 3. The molecule has 0 aliphatic heterocycles. The van der Waals surface area contributed by atoms with Crippen molar-refractivity contribution in [2.75, 3.05) is 34.4 Å². The van der Waals surface area contributed by atoms with Gasteiger partial charge < -0.3 is 14.2 Å². The standard InChI is InChI=1S/C12H18ClNO3/c1-14(8-13)7-10-11(16-3)5-9(15-2)6-12(10)17-4/h5-6H,7-8H2,1-4H3. The molecule has 1 aromatic rings. The van der Waals surface area contributed by atoms with Gasteiger partial charge in [-0.25, -0.2) is 0 Å². The second kappa shape index (κ2) is 6.57. The van der Waals surface area contributed by atoms with E-state index in [-0.39, 0.29) is 0 Å². The summed E-state index contributed by atoms with van der Waals surface area (Å²) < 4.78 is 15.9. The minimum absolute atomic E-state index is 0.443. The Kier molecular flexibility index (Phi) is 5.38. The average molecular weight is 260 g/mol. The Labute approximate surface area is 107 Å². The van der Waals surface area contributed by atoms with Crippen molar-refractivity contribution in [3.05, 3.63) is 17.7 Å². The summed E-state index contributed by atoms with van der Waals surface area (Å²) in [7, 11) is 6.78. The van der Waals surface area contributed by atoms with Gasteiger partial charge in [0.1, 0.15) is 17.2 Å². The van der Waals surface area contributed by atoms with Gasteiger partial charge in [-0.3, -0.25) is 4.90 Å². The maximum Gasteiger partial charge on any atom is 0.130 e. The highest BCUT2D eigenvalue weighted by Gasteiger charge is 2.14. The molecule has 1 rings (SSSR count). The van der Waals surface area contributed by atoms with E-state index in [1.54, 1.807) is 21.3 Å². The summed E-state index contributed by atoms with van der Waals surface area (Å²) >= 11 is 5.77. The van der Waals surface area contributed by atoms with Crippen LogP contribution in [0.1, 0.15) is 5.56 Å². The largest absolute Gasteiger partial charge is 0.496 e. The lowest BCUT2D eigenvalue weighted by Gasteiger charge is -2.19. The maximum absolute atomic E-state index is 5.77. The summed E-state index contributed by atoms with van der Waals surface area (Å²) in [6.07, 6.45) is 0. The van der Waals surface area contributed by atoms with Gasteiger partial charge in [-0.1, -0.05) is 0 Å². The van der Waals surface area contributed by atoms with Crippen molar-refractivity contribution >= 4 is 11.6 Å². The monoisotopic (exact) mass is 259 g/mol. The van der Waals surface area contributed by atoms with Crippen molar-refractivity contribution in [1.82, 2.24) is 4.90 Å². The Morgan fingerprint density at radius 1 is 1.06 bits per heavy atom. The van der Waals surface area contributed by atoms with E-state index in [1.165, 1.54) is 0 Å². The third-order valence-electron chi connectivity index (χ3n) is 2.45. The molecule has 0 saturated carbocycles. The van der Waals surface area contributed by atoms with Crippen LogP contribution >= 0.6 is 11.6 Å². The van der Waals surface area contributed by atoms with Gasteiger partial charge in [-0.15, -0.1) is 11.6 Å². The Morgan fingerprint density at radius 3 is 1.94 bits per heavy atom. The molecule has 0 bridgehead atoms. The molecule has 0 aliphatic rings. The van der Waals surface area contributed by atoms with Crippen LogP contribution in [0, 0.1) is 0 Å². The van der Waals surface area contributed by atoms with Crippen molar-refractivity contribution in [2.24, 2.45) is 0 Å². The van der Waals surface area contributed by atoms with E-state index in [0.717, 1.165) is 17.1 Å². The van der Waals surface area contributed by atoms with Crippen molar-refractivity contribution in [2.45, 2.75) is 6.54 Å². The fraction of sp³-hybridized carbons (Fsp3) is 0.500. The molecule has 96 valence electrons. The van der Waals surface area contributed by atoms with Crippen molar-refractivity contribution in [3.8, 4) is 17.2 Å². The van der Waals surface area contributed by atoms with E-state index in [0.29, 0.717) is 18.3 Å². The van der Waals surface area contributed by atoms with Crippen LogP contribution in [0.5, 0.6) is 17.2 Å². The summed E-state index contributed by atoms with van der Waals surface area (Å²) in [5.41, 5.74) is 0.957. The zero-order chi connectivity index (χ0) is 12.8. The first kappa shape index (κ1) is 13.9. The second-order valence-electron chi connectivity index (χ2n) is 3.64. The average Bonchev–Trinajstić information content (AvgIpc) is 2.38. The normalized spacial score (nSPS) is 10.5. The van der Waals surface area contributed by atoms with Crippen LogP contribution in [0.2, 0.25) is 0 Å². The third-order valence-corrected chi connectivity index (χ3v) is 2.86. The summed E-state index contributed by atoms with van der Waals surface area (Å²) in [4.78, 5) is 1.95. The fourth-order valence-electron chi connectivity index (χ4n) is 1.55. The van der Waals surface area contributed by atoms with Gasteiger partial charge in [0.05, 0.1) is 32.9 Å². The molecule has 0 fully saturated rings. The zero-order valence-corrected chi connectivity index (χ0v) is 11.4. The molecule has 0 atom stereocenters. The van der Waals surface area contributed by atoms with Crippen LogP contribution in [-0.4, -0.2) is 39.3 Å². The summed E-state index contributed by atoms with van der Waals surface area (Å²) in [6, 6.07) is 4.11. The number of alkyl halides is 1. The van der Waals surface area contributed by atoms with Gasteiger partial charge >= 0.3 is 0 Å². The first-order valence-corrected chi connectivity index (χ1v) is 5.73. The Bertz CT molecular complexity index is 346. The lowest BCUT2D eigenvalue weighted by atomic mass is 10.1. The summed E-state index contributed by atoms with van der Waals surface area (Å²) in [6.45, 7) is 0.653. The number of hydrogen-bond acceptors (Lipinski definition) is 4. The van der Waals surface area contributed by atoms with E-state index >= 15 is 0 Å². The topological polar surface area (TPSA) is 30.9 Å². The van der Waals surface area contributed by atoms with E-state index in [2.05, 4.69) is 0 Å².